The maximum Gasteiger partial charge on any atom is 0.414 e. The van der Waals surface area contributed by atoms with Gasteiger partial charge in [-0.05, 0) is 23.8 Å². The first kappa shape index (κ1) is 25.7. The molecular weight excluding hydrogens is 429 g/mol. The molecule has 176 valence electrons. The van der Waals surface area contributed by atoms with Gasteiger partial charge in [0.25, 0.3) is 0 Å². The predicted octanol–water partition coefficient (Wildman–Crippen LogP) is 2.64. The molecule has 0 atom stereocenters. The third-order valence-corrected chi connectivity index (χ3v) is 4.88. The number of nitrogens with one attached hydrogen (secondary N) is 1. The summed E-state index contributed by atoms with van der Waals surface area (Å²) in [6, 6.07) is 16.3. The molecule has 0 radical (unpaired) electrons. The summed E-state index contributed by atoms with van der Waals surface area (Å²) in [5.74, 6) is -4.07. The Balaban J connectivity index is 0.000000569. The summed E-state index contributed by atoms with van der Waals surface area (Å²) in [6.07, 6.45) is 4.78. The number of anilines is 1. The van der Waals surface area contributed by atoms with E-state index in [1.54, 1.807) is 12.1 Å². The smallest absolute Gasteiger partial charge is 0.414 e. The number of carboxylic acid groups (broad SMARTS) is 2. The highest BCUT2D eigenvalue weighted by Crippen LogP contribution is 2.10. The minimum absolute atomic E-state index is 0.0752. The number of carbonyl (C=O) groups excluding carboxylic acids is 1. The molecule has 2 aromatic carbocycles. The zero-order chi connectivity index (χ0) is 24.1. The lowest BCUT2D eigenvalue weighted by atomic mass is 10.2. The lowest BCUT2D eigenvalue weighted by molar-refractivity contribution is -0.159. The van der Waals surface area contributed by atoms with Crippen LogP contribution in [0.2, 0.25) is 0 Å². The molecule has 3 N–H and O–H groups in total. The molecule has 3 rings (SSSR count). The number of halogens is 1. The van der Waals surface area contributed by atoms with Crippen LogP contribution in [-0.2, 0) is 14.4 Å². The van der Waals surface area contributed by atoms with E-state index in [4.69, 9.17) is 19.8 Å². The molecule has 1 fully saturated rings. The average Bonchev–Trinajstić information content (AvgIpc) is 2.80. The molecule has 0 bridgehead atoms. The van der Waals surface area contributed by atoms with Gasteiger partial charge in [-0.1, -0.05) is 48.6 Å². The Hall–Kier alpha value is -3.56. The maximum absolute atomic E-state index is 13.1. The van der Waals surface area contributed by atoms with Gasteiger partial charge in [-0.3, -0.25) is 9.69 Å². The molecule has 2 aromatic rings. The molecule has 0 saturated carbocycles. The van der Waals surface area contributed by atoms with E-state index in [0.29, 0.717) is 12.1 Å². The molecule has 9 heteroatoms. The van der Waals surface area contributed by atoms with Crippen molar-refractivity contribution in [1.82, 2.24) is 9.80 Å². The number of aliphatic carboxylic acids is 2. The van der Waals surface area contributed by atoms with Crippen molar-refractivity contribution in [3.8, 4) is 0 Å². The van der Waals surface area contributed by atoms with E-state index in [-0.39, 0.29) is 11.7 Å². The summed E-state index contributed by atoms with van der Waals surface area (Å²) in [6.45, 7) is 5.62. The standard InChI is InChI=1S/C22H26FN3O.C2H2O4/c23-20-9-4-10-21(18-20)24-22(27)11-13-26-16-14-25(15-17-26)12-5-8-19-6-2-1-3-7-19;3-1(4)2(5)6/h1-10,18H,11-17H2,(H,24,27);(H,3,4)(H,5,6). The zero-order valence-corrected chi connectivity index (χ0v) is 18.2. The van der Waals surface area contributed by atoms with Crippen LogP contribution in [0.5, 0.6) is 0 Å². The number of nitrogens with zero attached hydrogens (tertiary/aromatic N) is 2. The van der Waals surface area contributed by atoms with Gasteiger partial charge >= 0.3 is 11.9 Å². The molecule has 1 amide bonds. The predicted molar refractivity (Wildman–Crippen MR) is 123 cm³/mol. The van der Waals surface area contributed by atoms with E-state index in [2.05, 4.69) is 39.4 Å². The fraction of sp³-hybridized carbons (Fsp3) is 0.292. The normalized spacial score (nSPS) is 14.3. The molecule has 0 aromatic heterocycles. The number of rotatable bonds is 7. The van der Waals surface area contributed by atoms with E-state index in [0.717, 1.165) is 39.3 Å². The lowest BCUT2D eigenvalue weighted by Gasteiger charge is -2.34. The van der Waals surface area contributed by atoms with Gasteiger partial charge < -0.3 is 20.4 Å². The second-order valence-electron chi connectivity index (χ2n) is 7.37. The summed E-state index contributed by atoms with van der Waals surface area (Å²) in [5.41, 5.74) is 1.73. The van der Waals surface area contributed by atoms with E-state index in [9.17, 15) is 9.18 Å². The Morgan fingerprint density at radius 3 is 2.15 bits per heavy atom. The van der Waals surface area contributed by atoms with Crippen molar-refractivity contribution < 1.29 is 29.0 Å². The lowest BCUT2D eigenvalue weighted by Crippen LogP contribution is -2.46. The van der Waals surface area contributed by atoms with Crippen LogP contribution in [0.3, 0.4) is 0 Å². The van der Waals surface area contributed by atoms with Crippen LogP contribution in [0, 0.1) is 5.82 Å². The van der Waals surface area contributed by atoms with Gasteiger partial charge in [-0.2, -0.15) is 0 Å². The van der Waals surface area contributed by atoms with E-state index in [1.165, 1.54) is 17.7 Å². The van der Waals surface area contributed by atoms with E-state index in [1.807, 2.05) is 18.2 Å². The SMILES string of the molecule is O=C(CCN1CCN(CC=Cc2ccccc2)CC1)Nc1cccc(F)c1.O=C(O)C(=O)O. The first-order valence-electron chi connectivity index (χ1n) is 10.5. The van der Waals surface area contributed by atoms with Crippen LogP contribution in [0.4, 0.5) is 10.1 Å². The van der Waals surface area contributed by atoms with Crippen molar-refractivity contribution >= 4 is 29.6 Å². The Morgan fingerprint density at radius 1 is 0.909 bits per heavy atom. The third kappa shape index (κ3) is 10.5. The first-order chi connectivity index (χ1) is 15.8. The van der Waals surface area contributed by atoms with Crippen LogP contribution in [0.25, 0.3) is 6.08 Å². The molecule has 33 heavy (non-hydrogen) atoms. The van der Waals surface area contributed by atoms with E-state index < -0.39 is 11.9 Å². The van der Waals surface area contributed by atoms with Gasteiger partial charge in [-0.25, -0.2) is 14.0 Å². The third-order valence-electron chi connectivity index (χ3n) is 4.88. The van der Waals surface area contributed by atoms with Gasteiger partial charge in [0.2, 0.25) is 5.91 Å². The summed E-state index contributed by atoms with van der Waals surface area (Å²) in [5, 5.41) is 17.5. The summed E-state index contributed by atoms with van der Waals surface area (Å²) in [4.78, 5) is 35.0. The van der Waals surface area contributed by atoms with Gasteiger partial charge in [0.05, 0.1) is 0 Å². The minimum Gasteiger partial charge on any atom is -0.473 e. The van der Waals surface area contributed by atoms with Crippen molar-refractivity contribution in [1.29, 1.82) is 0 Å². The summed E-state index contributed by atoms with van der Waals surface area (Å²) in [7, 11) is 0. The van der Waals surface area contributed by atoms with Crippen molar-refractivity contribution in [3.63, 3.8) is 0 Å². The van der Waals surface area contributed by atoms with E-state index >= 15 is 0 Å². The zero-order valence-electron chi connectivity index (χ0n) is 18.2. The van der Waals surface area contributed by atoms with Crippen LogP contribution < -0.4 is 5.32 Å². The number of carboxylic acids is 2. The highest BCUT2D eigenvalue weighted by Gasteiger charge is 2.16. The maximum atomic E-state index is 13.1. The molecule has 8 nitrogen and oxygen atoms in total. The second kappa shape index (κ2) is 13.8. The molecular formula is C24H28FN3O5. The fourth-order valence-corrected chi connectivity index (χ4v) is 3.15. The number of carbonyl (C=O) groups is 3. The molecule has 1 aliphatic rings. The second-order valence-corrected chi connectivity index (χ2v) is 7.37. The van der Waals surface area contributed by atoms with Crippen molar-refractivity contribution in [2.45, 2.75) is 6.42 Å². The van der Waals surface area contributed by atoms with Gasteiger partial charge in [0, 0.05) is 51.4 Å². The van der Waals surface area contributed by atoms with Gasteiger partial charge in [-0.15, -0.1) is 0 Å². The Kier molecular flexibility index (Phi) is 10.7. The van der Waals surface area contributed by atoms with Crippen LogP contribution in [-0.4, -0.2) is 77.1 Å². The topological polar surface area (TPSA) is 110 Å². The molecule has 1 aliphatic heterocycles. The highest BCUT2D eigenvalue weighted by molar-refractivity contribution is 6.27. The van der Waals surface area contributed by atoms with Crippen molar-refractivity contribution in [3.05, 3.63) is 72.1 Å². The summed E-state index contributed by atoms with van der Waals surface area (Å²) < 4.78 is 13.1. The quantitative estimate of drug-likeness (QED) is 0.548. The molecule has 0 aliphatic carbocycles. The summed E-state index contributed by atoms with van der Waals surface area (Å²) >= 11 is 0. The number of amides is 1. The van der Waals surface area contributed by atoms with Crippen LogP contribution in [0.15, 0.2) is 60.7 Å². The largest absolute Gasteiger partial charge is 0.473 e. The first-order valence-corrected chi connectivity index (χ1v) is 10.5. The molecule has 0 unspecified atom stereocenters. The van der Waals surface area contributed by atoms with Crippen LogP contribution in [0.1, 0.15) is 12.0 Å². The Morgan fingerprint density at radius 2 is 1.55 bits per heavy atom. The number of hydrogen-bond donors (Lipinski definition) is 3. The fourth-order valence-electron chi connectivity index (χ4n) is 3.15. The molecule has 1 saturated heterocycles. The van der Waals surface area contributed by atoms with Gasteiger partial charge in [0.15, 0.2) is 0 Å². The molecule has 1 heterocycles. The van der Waals surface area contributed by atoms with Crippen molar-refractivity contribution in [2.24, 2.45) is 0 Å². The average molecular weight is 458 g/mol. The number of benzene rings is 2. The highest BCUT2D eigenvalue weighted by atomic mass is 19.1. The minimum atomic E-state index is -1.82. The van der Waals surface area contributed by atoms with Gasteiger partial charge in [0.1, 0.15) is 5.82 Å². The van der Waals surface area contributed by atoms with Crippen LogP contribution >= 0.6 is 0 Å². The number of hydrogen-bond acceptors (Lipinski definition) is 5. The molecule has 0 spiro atoms. The van der Waals surface area contributed by atoms with Crippen molar-refractivity contribution in [2.75, 3.05) is 44.6 Å². The monoisotopic (exact) mass is 457 g/mol. The number of piperazine rings is 1. The Bertz CT molecular complexity index is 932. The Labute approximate surface area is 191 Å².